The number of benzene rings is 7. The Labute approximate surface area is 313 Å². The summed E-state index contributed by atoms with van der Waals surface area (Å²) in [5.41, 5.74) is 16.6. The van der Waals surface area contributed by atoms with Crippen LogP contribution in [-0.4, -0.2) is 9.13 Å². The first-order valence-corrected chi connectivity index (χ1v) is 18.6. The van der Waals surface area contributed by atoms with E-state index in [-0.39, 0.29) is 10.8 Å². The Balaban J connectivity index is 1.29. The van der Waals surface area contributed by atoms with Crippen molar-refractivity contribution in [3.63, 3.8) is 0 Å². The molecule has 0 N–H and O–H groups in total. The number of rotatable bonds is 2. The zero-order valence-corrected chi connectivity index (χ0v) is 30.5. The SMILES string of the molecule is CC1(C)c2ccccc2-c2cc3c4ccccc4n(-c4cc(C#N)c(C#N)cc4-n4c5ccccc5c5cc6c(cc54)C(C)(C)c4ccccc4-6)c3cc21. The normalized spacial score (nSPS) is 14.6. The summed E-state index contributed by atoms with van der Waals surface area (Å²) in [7, 11) is 0. The number of aromatic nitrogens is 2. The predicted octanol–water partition coefficient (Wildman–Crippen LogP) is 12.2. The van der Waals surface area contributed by atoms with E-state index < -0.39 is 0 Å². The molecule has 4 heteroatoms. The van der Waals surface area contributed by atoms with Gasteiger partial charge in [0.25, 0.3) is 0 Å². The second-order valence-electron chi connectivity index (χ2n) is 16.0. The van der Waals surface area contributed by atoms with Crippen LogP contribution in [-0.2, 0) is 10.8 Å². The molecule has 2 heterocycles. The second kappa shape index (κ2) is 10.4. The van der Waals surface area contributed by atoms with Gasteiger partial charge in [0.2, 0.25) is 0 Å². The van der Waals surface area contributed by atoms with E-state index in [9.17, 15) is 10.5 Å². The zero-order chi connectivity index (χ0) is 36.7. The van der Waals surface area contributed by atoms with Gasteiger partial charge in [-0.25, -0.2) is 0 Å². The Morgan fingerprint density at radius 3 is 1.20 bits per heavy atom. The van der Waals surface area contributed by atoms with Gasteiger partial charge in [0, 0.05) is 32.4 Å². The summed E-state index contributed by atoms with van der Waals surface area (Å²) >= 11 is 0. The molecule has 2 aliphatic rings. The maximum atomic E-state index is 10.5. The Morgan fingerprint density at radius 2 is 0.778 bits per heavy atom. The lowest BCUT2D eigenvalue weighted by Gasteiger charge is -2.23. The van der Waals surface area contributed by atoms with Crippen LogP contribution in [0.25, 0.3) is 77.2 Å². The van der Waals surface area contributed by atoms with Crippen molar-refractivity contribution in [3.05, 3.63) is 167 Å². The van der Waals surface area contributed by atoms with E-state index >= 15 is 0 Å². The highest BCUT2D eigenvalue weighted by Gasteiger charge is 2.38. The van der Waals surface area contributed by atoms with E-state index in [2.05, 4.69) is 170 Å². The topological polar surface area (TPSA) is 57.4 Å². The van der Waals surface area contributed by atoms with Gasteiger partial charge in [-0.2, -0.15) is 10.5 Å². The number of nitrogens with zero attached hydrogens (tertiary/aromatic N) is 4. The van der Waals surface area contributed by atoms with Crippen LogP contribution in [0.5, 0.6) is 0 Å². The summed E-state index contributed by atoms with van der Waals surface area (Å²) in [5.74, 6) is 0. The minimum atomic E-state index is -0.190. The highest BCUT2D eigenvalue weighted by Crippen LogP contribution is 2.53. The van der Waals surface area contributed by atoms with Crippen molar-refractivity contribution < 1.29 is 0 Å². The molecule has 0 unspecified atom stereocenters. The third kappa shape index (κ3) is 3.75. The molecule has 2 aromatic heterocycles. The molecule has 0 atom stereocenters. The lowest BCUT2D eigenvalue weighted by Crippen LogP contribution is -2.15. The fraction of sp³-hybridized carbons (Fsp3) is 0.120. The Hall–Kier alpha value is -6.88. The quantitative estimate of drug-likeness (QED) is 0.181. The number of fused-ring (bicyclic) bond motifs is 12. The summed E-state index contributed by atoms with van der Waals surface area (Å²) in [6.07, 6.45) is 0. The molecule has 0 saturated heterocycles. The maximum absolute atomic E-state index is 10.5. The van der Waals surface area contributed by atoms with Gasteiger partial charge in [-0.05, 0) is 93.0 Å². The van der Waals surface area contributed by atoms with Gasteiger partial charge in [0.1, 0.15) is 12.1 Å². The summed E-state index contributed by atoms with van der Waals surface area (Å²) in [5, 5.41) is 25.6. The van der Waals surface area contributed by atoms with Gasteiger partial charge in [-0.1, -0.05) is 113 Å². The largest absolute Gasteiger partial charge is 0.307 e. The van der Waals surface area contributed by atoms with Crippen molar-refractivity contribution in [1.82, 2.24) is 9.13 Å². The average molecular weight is 691 g/mol. The van der Waals surface area contributed by atoms with Crippen LogP contribution in [0.1, 0.15) is 61.1 Å². The van der Waals surface area contributed by atoms with Gasteiger partial charge >= 0.3 is 0 Å². The molecule has 54 heavy (non-hydrogen) atoms. The third-order valence-corrected chi connectivity index (χ3v) is 12.6. The van der Waals surface area contributed by atoms with Gasteiger partial charge in [-0.3, -0.25) is 0 Å². The molecule has 9 aromatic rings. The van der Waals surface area contributed by atoms with Crippen LogP contribution in [0.15, 0.2) is 133 Å². The van der Waals surface area contributed by atoms with E-state index in [4.69, 9.17) is 0 Å². The molecule has 2 aliphatic carbocycles. The molecule has 0 fully saturated rings. The summed E-state index contributed by atoms with van der Waals surface area (Å²) < 4.78 is 4.66. The molecule has 0 spiro atoms. The van der Waals surface area contributed by atoms with Crippen LogP contribution in [0.3, 0.4) is 0 Å². The highest BCUT2D eigenvalue weighted by atomic mass is 15.1. The molecule has 0 saturated carbocycles. The van der Waals surface area contributed by atoms with Crippen LogP contribution in [0.2, 0.25) is 0 Å². The molecule has 11 rings (SSSR count). The smallest absolute Gasteiger partial charge is 0.101 e. The monoisotopic (exact) mass is 690 g/mol. The summed E-state index contributed by atoms with van der Waals surface area (Å²) in [6.45, 7) is 9.25. The van der Waals surface area contributed by atoms with Crippen LogP contribution in [0, 0.1) is 22.7 Å². The first-order valence-electron chi connectivity index (χ1n) is 18.6. The fourth-order valence-electron chi connectivity index (χ4n) is 9.97. The lowest BCUT2D eigenvalue weighted by atomic mass is 9.82. The first kappa shape index (κ1) is 30.7. The fourth-order valence-corrected chi connectivity index (χ4v) is 9.97. The minimum absolute atomic E-state index is 0.190. The van der Waals surface area contributed by atoms with Crippen molar-refractivity contribution in [2.45, 2.75) is 38.5 Å². The number of para-hydroxylation sites is 2. The van der Waals surface area contributed by atoms with Crippen molar-refractivity contribution in [3.8, 4) is 45.8 Å². The van der Waals surface area contributed by atoms with Crippen LogP contribution in [0.4, 0.5) is 0 Å². The van der Waals surface area contributed by atoms with Crippen LogP contribution < -0.4 is 0 Å². The third-order valence-electron chi connectivity index (χ3n) is 12.6. The molecular formula is C50H34N4. The zero-order valence-electron chi connectivity index (χ0n) is 30.5. The maximum Gasteiger partial charge on any atom is 0.101 e. The highest BCUT2D eigenvalue weighted by molar-refractivity contribution is 6.14. The molecule has 254 valence electrons. The molecule has 0 radical (unpaired) electrons. The second-order valence-corrected chi connectivity index (χ2v) is 16.0. The van der Waals surface area contributed by atoms with Crippen molar-refractivity contribution in [2.24, 2.45) is 0 Å². The summed E-state index contributed by atoms with van der Waals surface area (Å²) in [6, 6.07) is 52.7. The molecule has 0 amide bonds. The van der Waals surface area contributed by atoms with Gasteiger partial charge in [-0.15, -0.1) is 0 Å². The average Bonchev–Trinajstić information content (AvgIpc) is 3.84. The van der Waals surface area contributed by atoms with E-state index in [1.807, 2.05) is 12.1 Å². The number of hydrogen-bond acceptors (Lipinski definition) is 2. The van der Waals surface area contributed by atoms with Crippen molar-refractivity contribution in [2.75, 3.05) is 0 Å². The standard InChI is InChI=1S/C50H34N4/c1-49(2)39-17-9-5-13-31(39)35-23-37-33-15-7-11-19-43(33)53(45(37)25-41(35)49)47-21-29(27-51)30(28-52)22-48(47)54-44-20-12-8-16-34(44)38-24-36-32-14-6-10-18-40(32)50(3,4)42(36)26-46(38)54/h5-26H,1-4H3. The Bertz CT molecular complexity index is 3020. The lowest BCUT2D eigenvalue weighted by molar-refractivity contribution is 0.660. The Morgan fingerprint density at radius 1 is 0.389 bits per heavy atom. The Kier molecular flexibility index (Phi) is 5.90. The van der Waals surface area contributed by atoms with Crippen molar-refractivity contribution in [1.29, 1.82) is 10.5 Å². The number of hydrogen-bond donors (Lipinski definition) is 0. The van der Waals surface area contributed by atoms with Gasteiger partial charge in [0.15, 0.2) is 0 Å². The van der Waals surface area contributed by atoms with Gasteiger partial charge < -0.3 is 9.13 Å². The first-order chi connectivity index (χ1) is 26.2. The molecular weight excluding hydrogens is 657 g/mol. The molecule has 0 bridgehead atoms. The van der Waals surface area contributed by atoms with E-state index in [0.29, 0.717) is 11.1 Å². The summed E-state index contributed by atoms with van der Waals surface area (Å²) in [4.78, 5) is 0. The minimum Gasteiger partial charge on any atom is -0.307 e. The van der Waals surface area contributed by atoms with E-state index in [0.717, 1.165) is 55.0 Å². The molecule has 7 aromatic carbocycles. The van der Waals surface area contributed by atoms with Gasteiger partial charge in [0.05, 0.1) is 44.6 Å². The van der Waals surface area contributed by atoms with Crippen LogP contribution >= 0.6 is 0 Å². The molecule has 0 aliphatic heterocycles. The van der Waals surface area contributed by atoms with E-state index in [1.54, 1.807) is 0 Å². The van der Waals surface area contributed by atoms with E-state index in [1.165, 1.54) is 44.5 Å². The predicted molar refractivity (Wildman–Crippen MR) is 220 cm³/mol. The number of nitriles is 2. The van der Waals surface area contributed by atoms with Crippen molar-refractivity contribution >= 4 is 43.6 Å². The molecule has 4 nitrogen and oxygen atoms in total.